The molecule has 2 heterocycles. The number of hydrogen-bond donors (Lipinski definition) is 1. The Bertz CT molecular complexity index is 374. The fraction of sp³-hybridized carbons (Fsp3) is 0.857. The van der Waals surface area contributed by atoms with Crippen molar-refractivity contribution in [2.24, 2.45) is 11.8 Å². The third-order valence-electron chi connectivity index (χ3n) is 4.49. The van der Waals surface area contributed by atoms with Crippen molar-refractivity contribution in [3.05, 3.63) is 0 Å². The van der Waals surface area contributed by atoms with Gasteiger partial charge < -0.3 is 19.6 Å². The van der Waals surface area contributed by atoms with Crippen LogP contribution in [-0.2, 0) is 9.53 Å². The number of likely N-dealkylation sites (N-methyl/N-ethyl adjacent to an activating group) is 1. The van der Waals surface area contributed by atoms with Crippen LogP contribution in [0.3, 0.4) is 0 Å². The number of urea groups is 1. The van der Waals surface area contributed by atoms with E-state index in [1.807, 2.05) is 11.8 Å². The first-order chi connectivity index (χ1) is 9.58. The zero-order valence-corrected chi connectivity index (χ0v) is 12.2. The molecule has 2 aliphatic heterocycles. The molecule has 20 heavy (non-hydrogen) atoms. The molecule has 0 aromatic rings. The summed E-state index contributed by atoms with van der Waals surface area (Å²) < 4.78 is 5.28. The molecule has 0 saturated carbocycles. The summed E-state index contributed by atoms with van der Waals surface area (Å²) in [6.45, 7) is 6.63. The van der Waals surface area contributed by atoms with E-state index < -0.39 is 11.9 Å². The lowest BCUT2D eigenvalue weighted by molar-refractivity contribution is -0.142. The largest absolute Gasteiger partial charge is 0.481 e. The first kappa shape index (κ1) is 15.1. The van der Waals surface area contributed by atoms with Crippen LogP contribution in [-0.4, -0.2) is 65.8 Å². The minimum absolute atomic E-state index is 0.0369. The van der Waals surface area contributed by atoms with Gasteiger partial charge in [0.05, 0.1) is 19.3 Å². The number of nitrogens with zero attached hydrogens (tertiary/aromatic N) is 2. The number of carbonyl (C=O) groups is 2. The van der Waals surface area contributed by atoms with E-state index in [0.29, 0.717) is 19.1 Å². The van der Waals surface area contributed by atoms with E-state index >= 15 is 0 Å². The summed E-state index contributed by atoms with van der Waals surface area (Å²) in [5.74, 6) is -0.914. The standard InChI is InChI=1S/C14H24N2O4/c1-3-10-5-6-15(7-10)14(19)16(4-2)12-9-20-8-11(12)13(17)18/h10-12H,3-9H2,1-2H3,(H,17,18). The van der Waals surface area contributed by atoms with Gasteiger partial charge in [-0.3, -0.25) is 4.79 Å². The molecule has 0 aliphatic carbocycles. The Morgan fingerprint density at radius 3 is 2.65 bits per heavy atom. The first-order valence-corrected chi connectivity index (χ1v) is 7.44. The van der Waals surface area contributed by atoms with Gasteiger partial charge in [0, 0.05) is 19.6 Å². The zero-order chi connectivity index (χ0) is 14.7. The molecule has 2 amide bonds. The Morgan fingerprint density at radius 1 is 1.35 bits per heavy atom. The van der Waals surface area contributed by atoms with Gasteiger partial charge in [0.1, 0.15) is 5.92 Å². The number of likely N-dealkylation sites (tertiary alicyclic amines) is 1. The smallest absolute Gasteiger partial charge is 0.320 e. The molecule has 0 aromatic heterocycles. The summed E-state index contributed by atoms with van der Waals surface area (Å²) in [7, 11) is 0. The van der Waals surface area contributed by atoms with Crippen LogP contribution in [0, 0.1) is 11.8 Å². The first-order valence-electron chi connectivity index (χ1n) is 7.44. The molecule has 0 spiro atoms. The molecule has 2 fully saturated rings. The molecular formula is C14H24N2O4. The zero-order valence-electron chi connectivity index (χ0n) is 12.2. The Morgan fingerprint density at radius 2 is 2.10 bits per heavy atom. The van der Waals surface area contributed by atoms with Gasteiger partial charge in [0.25, 0.3) is 0 Å². The van der Waals surface area contributed by atoms with Gasteiger partial charge >= 0.3 is 12.0 Å². The van der Waals surface area contributed by atoms with E-state index in [9.17, 15) is 14.7 Å². The van der Waals surface area contributed by atoms with Crippen molar-refractivity contribution in [3.8, 4) is 0 Å². The number of amides is 2. The van der Waals surface area contributed by atoms with Crippen LogP contribution in [0.15, 0.2) is 0 Å². The number of aliphatic carboxylic acids is 1. The summed E-state index contributed by atoms with van der Waals surface area (Å²) >= 11 is 0. The number of carboxylic acids is 1. The molecule has 114 valence electrons. The lowest BCUT2D eigenvalue weighted by Crippen LogP contribution is -2.51. The van der Waals surface area contributed by atoms with Crippen LogP contribution in [0.2, 0.25) is 0 Å². The lowest BCUT2D eigenvalue weighted by atomic mass is 10.0. The Labute approximate surface area is 119 Å². The van der Waals surface area contributed by atoms with Gasteiger partial charge in [-0.15, -0.1) is 0 Å². The predicted molar refractivity (Wildman–Crippen MR) is 73.5 cm³/mol. The van der Waals surface area contributed by atoms with Crippen molar-refractivity contribution in [1.82, 2.24) is 9.80 Å². The second-order valence-corrected chi connectivity index (χ2v) is 5.63. The number of rotatable bonds is 4. The number of carbonyl (C=O) groups excluding carboxylic acids is 1. The minimum Gasteiger partial charge on any atom is -0.481 e. The van der Waals surface area contributed by atoms with Crippen molar-refractivity contribution in [2.45, 2.75) is 32.7 Å². The normalized spacial score (nSPS) is 29.7. The van der Waals surface area contributed by atoms with Crippen molar-refractivity contribution in [1.29, 1.82) is 0 Å². The second kappa shape index (κ2) is 6.43. The Kier molecular flexibility index (Phi) is 4.86. The SMILES string of the molecule is CCC1CCN(C(=O)N(CC)C2COCC2C(=O)O)C1. The highest BCUT2D eigenvalue weighted by atomic mass is 16.5. The van der Waals surface area contributed by atoms with Gasteiger partial charge in [0.2, 0.25) is 0 Å². The molecule has 3 atom stereocenters. The quantitative estimate of drug-likeness (QED) is 0.843. The van der Waals surface area contributed by atoms with Crippen LogP contribution in [0.25, 0.3) is 0 Å². The maximum Gasteiger partial charge on any atom is 0.320 e. The maximum atomic E-state index is 12.6. The van der Waals surface area contributed by atoms with E-state index in [4.69, 9.17) is 4.74 Å². The molecule has 6 heteroatoms. The topological polar surface area (TPSA) is 70.1 Å². The average Bonchev–Trinajstić information content (AvgIpc) is 3.08. The third kappa shape index (κ3) is 2.90. The summed E-state index contributed by atoms with van der Waals surface area (Å²) in [5, 5.41) is 9.22. The minimum atomic E-state index is -0.883. The number of hydrogen-bond acceptors (Lipinski definition) is 3. The van der Waals surface area contributed by atoms with E-state index in [1.54, 1.807) is 4.90 Å². The molecular weight excluding hydrogens is 260 g/mol. The molecule has 0 bridgehead atoms. The third-order valence-corrected chi connectivity index (χ3v) is 4.49. The predicted octanol–water partition coefficient (Wildman–Crippen LogP) is 1.26. The molecule has 2 rings (SSSR count). The van der Waals surface area contributed by atoms with Crippen molar-refractivity contribution in [3.63, 3.8) is 0 Å². The summed E-state index contributed by atoms with van der Waals surface area (Å²) in [6, 6.07) is -0.379. The van der Waals surface area contributed by atoms with E-state index in [0.717, 1.165) is 25.9 Å². The van der Waals surface area contributed by atoms with Crippen LogP contribution in [0.1, 0.15) is 26.7 Å². The van der Waals surface area contributed by atoms with Crippen LogP contribution in [0.5, 0.6) is 0 Å². The summed E-state index contributed by atoms with van der Waals surface area (Å²) in [5.41, 5.74) is 0. The Balaban J connectivity index is 2.04. The molecule has 0 aromatic carbocycles. The van der Waals surface area contributed by atoms with Gasteiger partial charge in [-0.25, -0.2) is 4.79 Å². The highest BCUT2D eigenvalue weighted by Gasteiger charge is 2.41. The molecule has 6 nitrogen and oxygen atoms in total. The highest BCUT2D eigenvalue weighted by molar-refractivity contribution is 5.77. The van der Waals surface area contributed by atoms with Crippen LogP contribution < -0.4 is 0 Å². The Hall–Kier alpha value is -1.30. The van der Waals surface area contributed by atoms with Crippen molar-refractivity contribution in [2.75, 3.05) is 32.8 Å². The molecule has 3 unspecified atom stereocenters. The average molecular weight is 284 g/mol. The number of carboxylic acid groups (broad SMARTS) is 1. The van der Waals surface area contributed by atoms with Crippen molar-refractivity contribution < 1.29 is 19.4 Å². The summed E-state index contributed by atoms with van der Waals surface area (Å²) in [4.78, 5) is 27.4. The van der Waals surface area contributed by atoms with Crippen LogP contribution >= 0.6 is 0 Å². The highest BCUT2D eigenvalue weighted by Crippen LogP contribution is 2.25. The van der Waals surface area contributed by atoms with Gasteiger partial charge in [-0.2, -0.15) is 0 Å². The van der Waals surface area contributed by atoms with E-state index in [-0.39, 0.29) is 18.7 Å². The van der Waals surface area contributed by atoms with Gasteiger partial charge in [-0.1, -0.05) is 13.3 Å². The van der Waals surface area contributed by atoms with E-state index in [2.05, 4.69) is 6.92 Å². The van der Waals surface area contributed by atoms with Gasteiger partial charge in [-0.05, 0) is 19.3 Å². The number of ether oxygens (including phenoxy) is 1. The van der Waals surface area contributed by atoms with Gasteiger partial charge in [0.15, 0.2) is 0 Å². The fourth-order valence-electron chi connectivity index (χ4n) is 3.12. The molecule has 2 aliphatic rings. The van der Waals surface area contributed by atoms with Crippen LogP contribution in [0.4, 0.5) is 4.79 Å². The second-order valence-electron chi connectivity index (χ2n) is 5.63. The lowest BCUT2D eigenvalue weighted by Gasteiger charge is -2.33. The monoisotopic (exact) mass is 284 g/mol. The molecule has 1 N–H and O–H groups in total. The fourth-order valence-corrected chi connectivity index (χ4v) is 3.12. The molecule has 0 radical (unpaired) electrons. The van der Waals surface area contributed by atoms with E-state index in [1.165, 1.54) is 0 Å². The molecule has 2 saturated heterocycles. The maximum absolute atomic E-state index is 12.6. The summed E-state index contributed by atoms with van der Waals surface area (Å²) in [6.07, 6.45) is 2.13. The van der Waals surface area contributed by atoms with Crippen molar-refractivity contribution >= 4 is 12.0 Å².